The second-order valence-corrected chi connectivity index (χ2v) is 5.79. The third-order valence-corrected chi connectivity index (χ3v) is 4.50. The Morgan fingerprint density at radius 3 is 2.74 bits per heavy atom. The van der Waals surface area contributed by atoms with Crippen LogP contribution in [0.2, 0.25) is 0 Å². The van der Waals surface area contributed by atoms with Crippen LogP contribution < -0.4 is 5.32 Å². The highest BCUT2D eigenvalue weighted by Gasteiger charge is 2.40. The molecule has 1 unspecified atom stereocenters. The van der Waals surface area contributed by atoms with Crippen molar-refractivity contribution in [2.75, 3.05) is 6.54 Å². The Labute approximate surface area is 110 Å². The van der Waals surface area contributed by atoms with E-state index in [4.69, 9.17) is 0 Å². The molecule has 1 aliphatic heterocycles. The van der Waals surface area contributed by atoms with Gasteiger partial charge >= 0.3 is 6.18 Å². The largest absolute Gasteiger partial charge is 0.453 e. The number of alkyl halides is 3. The SMILES string of the molecule is CC1(c2nn3c(C(F)(F)F)nnc3s2)CCCCN1. The molecule has 2 aromatic rings. The summed E-state index contributed by atoms with van der Waals surface area (Å²) in [4.78, 5) is 0.177. The summed E-state index contributed by atoms with van der Waals surface area (Å²) in [6.07, 6.45) is -1.56. The minimum Gasteiger partial charge on any atom is -0.306 e. The lowest BCUT2D eigenvalue weighted by atomic mass is 9.92. The van der Waals surface area contributed by atoms with Crippen molar-refractivity contribution in [2.24, 2.45) is 0 Å². The number of fused-ring (bicyclic) bond motifs is 1. The summed E-state index contributed by atoms with van der Waals surface area (Å²) in [6.45, 7) is 2.81. The van der Waals surface area contributed by atoms with Crippen molar-refractivity contribution in [1.82, 2.24) is 25.1 Å². The zero-order valence-corrected chi connectivity index (χ0v) is 11.0. The van der Waals surface area contributed by atoms with E-state index in [0.29, 0.717) is 5.01 Å². The van der Waals surface area contributed by atoms with Gasteiger partial charge in [-0.2, -0.15) is 22.8 Å². The normalized spacial score (nSPS) is 25.1. The summed E-state index contributed by atoms with van der Waals surface area (Å²) < 4.78 is 39.0. The molecule has 5 nitrogen and oxygen atoms in total. The number of rotatable bonds is 1. The van der Waals surface area contributed by atoms with Crippen molar-refractivity contribution in [3.63, 3.8) is 0 Å². The smallest absolute Gasteiger partial charge is 0.306 e. The Balaban J connectivity index is 2.05. The molecule has 1 atom stereocenters. The second-order valence-electron chi connectivity index (χ2n) is 4.84. The first kappa shape index (κ1) is 12.8. The molecule has 1 N–H and O–H groups in total. The lowest BCUT2D eigenvalue weighted by molar-refractivity contribution is -0.146. The molecule has 0 aliphatic carbocycles. The standard InChI is InChI=1S/C10H12F3N5S/c1-9(4-2-3-5-14-9)7-17-18-6(10(11,12)13)15-16-8(18)19-7/h14H,2-5H2,1H3. The molecule has 1 aliphatic rings. The van der Waals surface area contributed by atoms with E-state index >= 15 is 0 Å². The van der Waals surface area contributed by atoms with Gasteiger partial charge in [0.05, 0.1) is 5.54 Å². The summed E-state index contributed by atoms with van der Waals surface area (Å²) in [5.74, 6) is -1.07. The van der Waals surface area contributed by atoms with Gasteiger partial charge in [0.1, 0.15) is 5.01 Å². The molecule has 1 fully saturated rings. The quantitative estimate of drug-likeness (QED) is 0.875. The van der Waals surface area contributed by atoms with Crippen LogP contribution in [0.4, 0.5) is 13.2 Å². The first-order valence-electron chi connectivity index (χ1n) is 5.95. The third-order valence-electron chi connectivity index (χ3n) is 3.34. The van der Waals surface area contributed by atoms with E-state index < -0.39 is 12.0 Å². The number of hydrogen-bond donors (Lipinski definition) is 1. The Hall–Kier alpha value is -1.22. The number of nitrogens with zero attached hydrogens (tertiary/aromatic N) is 4. The zero-order chi connectivity index (χ0) is 13.7. The summed E-state index contributed by atoms with van der Waals surface area (Å²) in [6, 6.07) is 0. The van der Waals surface area contributed by atoms with Crippen molar-refractivity contribution >= 4 is 16.3 Å². The first-order chi connectivity index (χ1) is 8.90. The maximum atomic E-state index is 12.7. The fourth-order valence-corrected chi connectivity index (χ4v) is 3.25. The average Bonchev–Trinajstić information content (AvgIpc) is 2.87. The number of nitrogens with one attached hydrogen (secondary N) is 1. The topological polar surface area (TPSA) is 55.1 Å². The van der Waals surface area contributed by atoms with Crippen LogP contribution in [-0.4, -0.2) is 26.4 Å². The van der Waals surface area contributed by atoms with Crippen molar-refractivity contribution in [2.45, 2.75) is 37.9 Å². The van der Waals surface area contributed by atoms with Crippen LogP contribution in [0.5, 0.6) is 0 Å². The summed E-state index contributed by atoms with van der Waals surface area (Å²) >= 11 is 1.16. The lowest BCUT2D eigenvalue weighted by Crippen LogP contribution is -2.43. The second kappa shape index (κ2) is 4.14. The van der Waals surface area contributed by atoms with E-state index in [1.807, 2.05) is 6.92 Å². The van der Waals surface area contributed by atoms with Gasteiger partial charge in [0.25, 0.3) is 5.82 Å². The van der Waals surface area contributed by atoms with Gasteiger partial charge in [-0.25, -0.2) is 0 Å². The summed E-state index contributed by atoms with van der Waals surface area (Å²) in [7, 11) is 0. The number of piperidine rings is 1. The van der Waals surface area contributed by atoms with Crippen molar-refractivity contribution in [3.05, 3.63) is 10.8 Å². The molecule has 0 radical (unpaired) electrons. The average molecular weight is 291 g/mol. The van der Waals surface area contributed by atoms with Crippen LogP contribution in [0, 0.1) is 0 Å². The van der Waals surface area contributed by atoms with Crippen LogP contribution in [-0.2, 0) is 11.7 Å². The highest BCUT2D eigenvalue weighted by Crippen LogP contribution is 2.34. The Morgan fingerprint density at radius 1 is 1.32 bits per heavy atom. The number of halogens is 3. The van der Waals surface area contributed by atoms with Crippen molar-refractivity contribution in [1.29, 1.82) is 0 Å². The molecule has 0 spiro atoms. The number of aromatic nitrogens is 4. The zero-order valence-electron chi connectivity index (χ0n) is 10.2. The molecule has 104 valence electrons. The van der Waals surface area contributed by atoms with Crippen LogP contribution in [0.25, 0.3) is 4.96 Å². The van der Waals surface area contributed by atoms with Crippen molar-refractivity contribution in [3.8, 4) is 0 Å². The van der Waals surface area contributed by atoms with Gasteiger partial charge in [0, 0.05) is 0 Å². The highest BCUT2D eigenvalue weighted by molar-refractivity contribution is 7.16. The van der Waals surface area contributed by atoms with Crippen LogP contribution >= 0.6 is 11.3 Å². The number of hydrogen-bond acceptors (Lipinski definition) is 5. The molecular formula is C10H12F3N5S. The van der Waals surface area contributed by atoms with E-state index in [1.165, 1.54) is 0 Å². The maximum absolute atomic E-state index is 12.7. The minimum atomic E-state index is -4.54. The first-order valence-corrected chi connectivity index (χ1v) is 6.77. The fourth-order valence-electron chi connectivity index (χ4n) is 2.26. The molecule has 3 rings (SSSR count). The molecule has 0 saturated carbocycles. The van der Waals surface area contributed by atoms with Gasteiger partial charge in [0.15, 0.2) is 0 Å². The van der Waals surface area contributed by atoms with Crippen LogP contribution in [0.15, 0.2) is 0 Å². The lowest BCUT2D eigenvalue weighted by Gasteiger charge is -2.32. The molecular weight excluding hydrogens is 279 g/mol. The molecule has 0 amide bonds. The Bertz CT molecular complexity index is 596. The predicted molar refractivity (Wildman–Crippen MR) is 62.9 cm³/mol. The Kier molecular flexibility index (Phi) is 2.79. The van der Waals surface area contributed by atoms with Gasteiger partial charge < -0.3 is 5.32 Å². The maximum Gasteiger partial charge on any atom is 0.453 e. The van der Waals surface area contributed by atoms with E-state index in [2.05, 4.69) is 20.6 Å². The predicted octanol–water partition coefficient (Wildman–Crippen LogP) is 2.19. The molecule has 0 aromatic carbocycles. The highest BCUT2D eigenvalue weighted by atomic mass is 32.1. The van der Waals surface area contributed by atoms with E-state index in [9.17, 15) is 13.2 Å². The van der Waals surface area contributed by atoms with Crippen molar-refractivity contribution < 1.29 is 13.2 Å². The minimum absolute atomic E-state index is 0.177. The molecule has 1 saturated heterocycles. The fraction of sp³-hybridized carbons (Fsp3) is 0.700. The molecule has 9 heteroatoms. The van der Waals surface area contributed by atoms with Crippen LogP contribution in [0.3, 0.4) is 0 Å². The molecule has 19 heavy (non-hydrogen) atoms. The van der Waals surface area contributed by atoms with Gasteiger partial charge in [0.2, 0.25) is 4.96 Å². The Morgan fingerprint density at radius 2 is 2.11 bits per heavy atom. The van der Waals surface area contributed by atoms with Gasteiger partial charge in [-0.3, -0.25) is 0 Å². The third kappa shape index (κ3) is 2.10. The summed E-state index contributed by atoms with van der Waals surface area (Å²) in [5.41, 5.74) is -0.369. The molecule has 2 aromatic heterocycles. The summed E-state index contributed by atoms with van der Waals surface area (Å²) in [5, 5.41) is 14.7. The molecule has 3 heterocycles. The van der Waals surface area contributed by atoms with Gasteiger partial charge in [-0.1, -0.05) is 11.3 Å². The van der Waals surface area contributed by atoms with Crippen LogP contribution in [0.1, 0.15) is 37.0 Å². The van der Waals surface area contributed by atoms with E-state index in [-0.39, 0.29) is 10.5 Å². The van der Waals surface area contributed by atoms with E-state index in [1.54, 1.807) is 0 Å². The monoisotopic (exact) mass is 291 g/mol. The van der Waals surface area contributed by atoms with Gasteiger partial charge in [-0.15, -0.1) is 10.2 Å². The van der Waals surface area contributed by atoms with Gasteiger partial charge in [-0.05, 0) is 32.7 Å². The molecule has 0 bridgehead atoms. The van der Waals surface area contributed by atoms with E-state index in [0.717, 1.165) is 41.7 Å².